The van der Waals surface area contributed by atoms with E-state index in [0.717, 1.165) is 6.42 Å². The molecule has 6 heteroatoms. The second kappa shape index (κ2) is 8.07. The Bertz CT molecular complexity index is 448. The smallest absolute Gasteiger partial charge is 0.254 e. The summed E-state index contributed by atoms with van der Waals surface area (Å²) in [6.45, 7) is 3.46. The van der Waals surface area contributed by atoms with Crippen LogP contribution >= 0.6 is 0 Å². The number of nitrogens with zero attached hydrogens (tertiary/aromatic N) is 1. The molecule has 0 fully saturated rings. The first kappa shape index (κ1) is 14.9. The molecule has 1 aromatic rings. The van der Waals surface area contributed by atoms with Crippen LogP contribution in [0, 0.1) is 5.82 Å². The maximum absolute atomic E-state index is 13.3. The van der Waals surface area contributed by atoms with Crippen LogP contribution in [-0.4, -0.2) is 31.5 Å². The van der Waals surface area contributed by atoms with Gasteiger partial charge in [0.05, 0.1) is 5.56 Å². The molecule has 0 saturated carbocycles. The Hall–Kier alpha value is -2.11. The molecule has 104 valence electrons. The topological polar surface area (TPSA) is 79.5 Å². The minimum atomic E-state index is -0.531. The highest BCUT2D eigenvalue weighted by Gasteiger charge is 2.09. The molecule has 5 nitrogen and oxygen atoms in total. The molecule has 0 heterocycles. The summed E-state index contributed by atoms with van der Waals surface area (Å²) in [6, 6.07) is 5.85. The maximum atomic E-state index is 13.3. The molecular weight excluding hydrogens is 247 g/mol. The number of aliphatic imine (C=N–C) groups is 1. The fraction of sp³-hybridized carbons (Fsp3) is 0.385. The average molecular weight is 266 g/mol. The van der Waals surface area contributed by atoms with E-state index in [-0.39, 0.29) is 5.56 Å². The molecule has 0 aromatic heterocycles. The van der Waals surface area contributed by atoms with Crippen LogP contribution in [0.25, 0.3) is 0 Å². The van der Waals surface area contributed by atoms with Crippen molar-refractivity contribution in [3.63, 3.8) is 0 Å². The molecule has 0 radical (unpaired) electrons. The highest BCUT2D eigenvalue weighted by molar-refractivity contribution is 5.94. The van der Waals surface area contributed by atoms with Crippen LogP contribution in [-0.2, 0) is 0 Å². The predicted octanol–water partition coefficient (Wildman–Crippen LogP) is 0.870. The maximum Gasteiger partial charge on any atom is 0.254 e. The zero-order chi connectivity index (χ0) is 14.1. The number of amides is 1. The molecule has 0 aliphatic heterocycles. The lowest BCUT2D eigenvalue weighted by Crippen LogP contribution is -2.38. The second-order valence-electron chi connectivity index (χ2n) is 3.93. The molecule has 4 N–H and O–H groups in total. The molecule has 0 atom stereocenters. The summed E-state index contributed by atoms with van der Waals surface area (Å²) in [5.41, 5.74) is 5.62. The van der Waals surface area contributed by atoms with Gasteiger partial charge in [-0.2, -0.15) is 0 Å². The van der Waals surface area contributed by atoms with Crippen LogP contribution in [0.5, 0.6) is 0 Å². The SMILES string of the molecule is CCCN=C(N)NCCNC(=O)c1ccccc1F. The Morgan fingerprint density at radius 2 is 2.00 bits per heavy atom. The van der Waals surface area contributed by atoms with E-state index in [1.54, 1.807) is 12.1 Å². The second-order valence-corrected chi connectivity index (χ2v) is 3.93. The molecule has 1 aromatic carbocycles. The quantitative estimate of drug-likeness (QED) is 0.406. The van der Waals surface area contributed by atoms with Crippen LogP contribution < -0.4 is 16.4 Å². The predicted molar refractivity (Wildman–Crippen MR) is 73.5 cm³/mol. The Morgan fingerprint density at radius 3 is 2.68 bits per heavy atom. The zero-order valence-corrected chi connectivity index (χ0v) is 10.9. The average Bonchev–Trinajstić information content (AvgIpc) is 2.41. The number of carbonyl (C=O) groups excluding carboxylic acids is 1. The van der Waals surface area contributed by atoms with E-state index in [9.17, 15) is 9.18 Å². The lowest BCUT2D eigenvalue weighted by Gasteiger charge is -2.07. The van der Waals surface area contributed by atoms with Crippen molar-refractivity contribution in [1.29, 1.82) is 0 Å². The summed E-state index contributed by atoms with van der Waals surface area (Å²) < 4.78 is 13.3. The lowest BCUT2D eigenvalue weighted by atomic mass is 10.2. The number of halogens is 1. The first-order chi connectivity index (χ1) is 9.15. The number of hydrogen-bond acceptors (Lipinski definition) is 2. The number of guanidine groups is 1. The largest absolute Gasteiger partial charge is 0.370 e. The molecule has 0 saturated heterocycles. The molecule has 1 rings (SSSR count). The van der Waals surface area contributed by atoms with Gasteiger partial charge in [-0.25, -0.2) is 4.39 Å². The van der Waals surface area contributed by atoms with Crippen molar-refractivity contribution in [2.45, 2.75) is 13.3 Å². The van der Waals surface area contributed by atoms with Gasteiger partial charge in [0.15, 0.2) is 5.96 Å². The fourth-order valence-electron chi connectivity index (χ4n) is 1.40. The first-order valence-corrected chi connectivity index (χ1v) is 6.21. The molecule has 1 amide bonds. The third-order valence-electron chi connectivity index (χ3n) is 2.34. The molecule has 19 heavy (non-hydrogen) atoms. The van der Waals surface area contributed by atoms with Gasteiger partial charge in [0.1, 0.15) is 5.82 Å². The van der Waals surface area contributed by atoms with Gasteiger partial charge in [0.25, 0.3) is 5.91 Å². The molecule has 0 bridgehead atoms. The van der Waals surface area contributed by atoms with Crippen LogP contribution in [0.1, 0.15) is 23.7 Å². The summed E-state index contributed by atoms with van der Waals surface area (Å²) in [5, 5.41) is 5.46. The summed E-state index contributed by atoms with van der Waals surface area (Å²) in [7, 11) is 0. The van der Waals surface area contributed by atoms with Crippen molar-refractivity contribution in [3.05, 3.63) is 35.6 Å². The van der Waals surface area contributed by atoms with Gasteiger partial charge in [-0.05, 0) is 18.6 Å². The molecular formula is C13H19FN4O. The standard InChI is InChI=1S/C13H19FN4O/c1-2-7-17-13(15)18-9-8-16-12(19)10-5-3-4-6-11(10)14/h3-6H,2,7-9H2,1H3,(H,16,19)(H3,15,17,18). The summed E-state index contributed by atoms with van der Waals surface area (Å²) in [5.74, 6) is -0.622. The normalized spacial score (nSPS) is 11.2. The molecule has 0 aliphatic carbocycles. The van der Waals surface area contributed by atoms with Crippen molar-refractivity contribution in [1.82, 2.24) is 10.6 Å². The third-order valence-corrected chi connectivity index (χ3v) is 2.34. The van der Waals surface area contributed by atoms with E-state index in [1.807, 2.05) is 6.92 Å². The Morgan fingerprint density at radius 1 is 1.32 bits per heavy atom. The van der Waals surface area contributed by atoms with Crippen LogP contribution in [0.2, 0.25) is 0 Å². The van der Waals surface area contributed by atoms with Gasteiger partial charge < -0.3 is 16.4 Å². The Balaban J connectivity index is 2.30. The van der Waals surface area contributed by atoms with Crippen molar-refractivity contribution in [2.24, 2.45) is 10.7 Å². The van der Waals surface area contributed by atoms with E-state index < -0.39 is 11.7 Å². The lowest BCUT2D eigenvalue weighted by molar-refractivity contribution is 0.0950. The van der Waals surface area contributed by atoms with Crippen molar-refractivity contribution in [2.75, 3.05) is 19.6 Å². The van der Waals surface area contributed by atoms with Gasteiger partial charge in [-0.15, -0.1) is 0 Å². The van der Waals surface area contributed by atoms with Gasteiger partial charge in [0.2, 0.25) is 0 Å². The van der Waals surface area contributed by atoms with Gasteiger partial charge in [0, 0.05) is 19.6 Å². The summed E-state index contributed by atoms with van der Waals surface area (Å²) in [4.78, 5) is 15.7. The Kier molecular flexibility index (Phi) is 6.35. The van der Waals surface area contributed by atoms with Crippen molar-refractivity contribution in [3.8, 4) is 0 Å². The molecule has 0 unspecified atom stereocenters. The number of benzene rings is 1. The van der Waals surface area contributed by atoms with E-state index in [1.165, 1.54) is 12.1 Å². The van der Waals surface area contributed by atoms with Gasteiger partial charge >= 0.3 is 0 Å². The van der Waals surface area contributed by atoms with E-state index in [4.69, 9.17) is 5.73 Å². The van der Waals surface area contributed by atoms with E-state index in [0.29, 0.717) is 25.6 Å². The van der Waals surface area contributed by atoms with Gasteiger partial charge in [-0.3, -0.25) is 9.79 Å². The number of rotatable bonds is 6. The fourth-order valence-corrected chi connectivity index (χ4v) is 1.40. The number of nitrogens with one attached hydrogen (secondary N) is 2. The number of carbonyl (C=O) groups is 1. The number of hydrogen-bond donors (Lipinski definition) is 3. The Labute approximate surface area is 112 Å². The van der Waals surface area contributed by atoms with Crippen LogP contribution in [0.15, 0.2) is 29.3 Å². The zero-order valence-electron chi connectivity index (χ0n) is 10.9. The number of nitrogens with two attached hydrogens (primary N) is 1. The van der Waals surface area contributed by atoms with Crippen molar-refractivity contribution < 1.29 is 9.18 Å². The highest BCUT2D eigenvalue weighted by atomic mass is 19.1. The van der Waals surface area contributed by atoms with Gasteiger partial charge in [-0.1, -0.05) is 19.1 Å². The highest BCUT2D eigenvalue weighted by Crippen LogP contribution is 2.05. The first-order valence-electron chi connectivity index (χ1n) is 6.21. The minimum Gasteiger partial charge on any atom is -0.370 e. The monoisotopic (exact) mass is 266 g/mol. The van der Waals surface area contributed by atoms with E-state index in [2.05, 4.69) is 15.6 Å². The van der Waals surface area contributed by atoms with Crippen LogP contribution in [0.3, 0.4) is 0 Å². The minimum absolute atomic E-state index is 0.0372. The summed E-state index contributed by atoms with van der Waals surface area (Å²) >= 11 is 0. The van der Waals surface area contributed by atoms with E-state index >= 15 is 0 Å². The third kappa shape index (κ3) is 5.37. The molecule has 0 spiro atoms. The molecule has 0 aliphatic rings. The van der Waals surface area contributed by atoms with Crippen molar-refractivity contribution >= 4 is 11.9 Å². The summed E-state index contributed by atoms with van der Waals surface area (Å²) in [6.07, 6.45) is 0.923. The van der Waals surface area contributed by atoms with Crippen LogP contribution in [0.4, 0.5) is 4.39 Å².